The van der Waals surface area contributed by atoms with E-state index in [1.54, 1.807) is 27.7 Å². The van der Waals surface area contributed by atoms with E-state index >= 15 is 0 Å². The number of aliphatic hydroxyl groups excluding tert-OH is 1. The van der Waals surface area contributed by atoms with Crippen molar-refractivity contribution in [2.24, 2.45) is 0 Å². The number of aromatic nitrogens is 2. The van der Waals surface area contributed by atoms with Gasteiger partial charge < -0.3 is 29.4 Å². The van der Waals surface area contributed by atoms with E-state index in [0.717, 1.165) is 6.20 Å². The number of aliphatic hydroxyl groups is 2. The van der Waals surface area contributed by atoms with Crippen LogP contribution >= 0.6 is 7.60 Å². The van der Waals surface area contributed by atoms with Gasteiger partial charge in [-0.2, -0.15) is 0 Å². The summed E-state index contributed by atoms with van der Waals surface area (Å²) in [5, 5.41) is 18.6. The van der Waals surface area contributed by atoms with Gasteiger partial charge >= 0.3 is 7.60 Å². The van der Waals surface area contributed by atoms with Crippen LogP contribution in [0.5, 0.6) is 0 Å². The second-order valence-corrected chi connectivity index (χ2v) is 10.2. The van der Waals surface area contributed by atoms with Crippen molar-refractivity contribution in [3.8, 4) is 0 Å². The standard InChI is InChI=1S/C18H30FN2O7P/c1-6-17(4,28-29(25,26)18(5,24)7-2)8-11-15(23)13(19)16(27-11)14-10(3)21-12(22)9-20-14/h9,11,13,15-16,23-24H,6-8H2,1-5H3,(H,21,22)(H,25,26)/t11-,13+,15?,16-,17?,18?/m1/s1. The van der Waals surface area contributed by atoms with Crippen LogP contribution < -0.4 is 5.56 Å². The first-order valence-corrected chi connectivity index (χ1v) is 11.1. The molecule has 1 aromatic rings. The Labute approximate surface area is 168 Å². The molecular weight excluding hydrogens is 406 g/mol. The third kappa shape index (κ3) is 4.95. The second kappa shape index (κ2) is 8.53. The first-order valence-electron chi connectivity index (χ1n) is 9.56. The van der Waals surface area contributed by atoms with Crippen molar-refractivity contribution in [3.05, 3.63) is 27.9 Å². The van der Waals surface area contributed by atoms with Crippen LogP contribution in [0, 0.1) is 6.92 Å². The topological polar surface area (TPSA) is 142 Å². The Morgan fingerprint density at radius 1 is 1.38 bits per heavy atom. The molecule has 0 aliphatic carbocycles. The van der Waals surface area contributed by atoms with Gasteiger partial charge in [0.25, 0.3) is 5.56 Å². The van der Waals surface area contributed by atoms with Crippen LogP contribution in [-0.2, 0) is 13.8 Å². The summed E-state index contributed by atoms with van der Waals surface area (Å²) in [6.07, 6.45) is -4.41. The highest BCUT2D eigenvalue weighted by atomic mass is 31.2. The molecule has 4 N–H and O–H groups in total. The zero-order valence-electron chi connectivity index (χ0n) is 17.3. The number of alkyl halides is 1. The van der Waals surface area contributed by atoms with Gasteiger partial charge in [-0.1, -0.05) is 13.8 Å². The highest BCUT2D eigenvalue weighted by molar-refractivity contribution is 7.54. The lowest BCUT2D eigenvalue weighted by Crippen LogP contribution is -2.39. The predicted molar refractivity (Wildman–Crippen MR) is 103 cm³/mol. The molecule has 2 heterocycles. The molecule has 0 saturated carbocycles. The fourth-order valence-corrected chi connectivity index (χ4v) is 4.57. The summed E-state index contributed by atoms with van der Waals surface area (Å²) in [5.41, 5.74) is -1.21. The molecule has 0 aromatic carbocycles. The molecule has 166 valence electrons. The molecule has 0 radical (unpaired) electrons. The number of ether oxygens (including phenoxy) is 1. The van der Waals surface area contributed by atoms with E-state index in [4.69, 9.17) is 9.26 Å². The van der Waals surface area contributed by atoms with Crippen LogP contribution in [0.1, 0.15) is 64.4 Å². The molecular formula is C18H30FN2O7P. The van der Waals surface area contributed by atoms with E-state index in [1.165, 1.54) is 6.92 Å². The minimum Gasteiger partial charge on any atom is -0.387 e. The second-order valence-electron chi connectivity index (χ2n) is 7.98. The average Bonchev–Trinajstić information content (AvgIpc) is 2.89. The van der Waals surface area contributed by atoms with Crippen molar-refractivity contribution >= 4 is 7.60 Å². The summed E-state index contributed by atoms with van der Waals surface area (Å²) >= 11 is 0. The third-order valence-corrected chi connectivity index (χ3v) is 7.83. The summed E-state index contributed by atoms with van der Waals surface area (Å²) in [7, 11) is -4.44. The van der Waals surface area contributed by atoms with Gasteiger partial charge in [-0.15, -0.1) is 0 Å². The Bertz CT molecular complexity index is 833. The fraction of sp³-hybridized carbons (Fsp3) is 0.778. The highest BCUT2D eigenvalue weighted by Crippen LogP contribution is 2.59. The normalized spacial score (nSPS) is 31.1. The third-order valence-electron chi connectivity index (χ3n) is 5.61. The van der Waals surface area contributed by atoms with Gasteiger partial charge in [0.05, 0.1) is 23.6 Å². The summed E-state index contributed by atoms with van der Waals surface area (Å²) in [5.74, 6) is 0. The van der Waals surface area contributed by atoms with E-state index in [9.17, 15) is 28.9 Å². The number of halogens is 1. The van der Waals surface area contributed by atoms with Crippen LogP contribution in [-0.4, -0.2) is 54.4 Å². The van der Waals surface area contributed by atoms with E-state index in [1.807, 2.05) is 0 Å². The van der Waals surface area contributed by atoms with Gasteiger partial charge in [0.15, 0.2) is 11.5 Å². The molecule has 1 aliphatic rings. The van der Waals surface area contributed by atoms with Crippen LogP contribution in [0.3, 0.4) is 0 Å². The van der Waals surface area contributed by atoms with E-state index in [0.29, 0.717) is 5.69 Å². The number of nitrogens with zero attached hydrogens (tertiary/aromatic N) is 1. The van der Waals surface area contributed by atoms with Gasteiger partial charge in [-0.25, -0.2) is 4.39 Å². The zero-order valence-corrected chi connectivity index (χ0v) is 18.1. The highest BCUT2D eigenvalue weighted by Gasteiger charge is 2.51. The van der Waals surface area contributed by atoms with Crippen molar-refractivity contribution in [2.75, 3.05) is 0 Å². The fourth-order valence-electron chi connectivity index (χ4n) is 3.17. The molecule has 11 heteroatoms. The molecule has 1 saturated heterocycles. The lowest BCUT2D eigenvalue weighted by Gasteiger charge is -2.37. The number of hydrogen-bond acceptors (Lipinski definition) is 7. The van der Waals surface area contributed by atoms with E-state index in [-0.39, 0.29) is 25.0 Å². The smallest absolute Gasteiger partial charge is 0.359 e. The number of nitrogens with one attached hydrogen (secondary N) is 1. The summed E-state index contributed by atoms with van der Waals surface area (Å²) in [6.45, 7) is 7.57. The van der Waals surface area contributed by atoms with Crippen molar-refractivity contribution in [1.82, 2.24) is 9.97 Å². The minimum absolute atomic E-state index is 0.00505. The van der Waals surface area contributed by atoms with Gasteiger partial charge in [0.2, 0.25) is 0 Å². The zero-order chi connectivity index (χ0) is 22.2. The number of hydrogen-bond donors (Lipinski definition) is 4. The summed E-state index contributed by atoms with van der Waals surface area (Å²) in [4.78, 5) is 28.0. The maximum Gasteiger partial charge on any atom is 0.359 e. The Morgan fingerprint density at radius 3 is 2.52 bits per heavy atom. The lowest BCUT2D eigenvalue weighted by molar-refractivity contribution is -0.0538. The Hall–Kier alpha value is -1.16. The van der Waals surface area contributed by atoms with Crippen LogP contribution in [0.25, 0.3) is 0 Å². The van der Waals surface area contributed by atoms with Crippen LogP contribution in [0.4, 0.5) is 4.39 Å². The van der Waals surface area contributed by atoms with Gasteiger partial charge in [-0.05, 0) is 33.6 Å². The number of aryl methyl sites for hydroxylation is 1. The van der Waals surface area contributed by atoms with Crippen LogP contribution in [0.2, 0.25) is 0 Å². The molecule has 1 fully saturated rings. The summed E-state index contributed by atoms with van der Waals surface area (Å²) < 4.78 is 38.5. The first kappa shape index (κ1) is 24.1. The molecule has 0 spiro atoms. The largest absolute Gasteiger partial charge is 0.387 e. The first-order chi connectivity index (χ1) is 13.3. The molecule has 1 aromatic heterocycles. The summed E-state index contributed by atoms with van der Waals surface area (Å²) in [6, 6.07) is 0. The number of aromatic amines is 1. The van der Waals surface area contributed by atoms with Crippen molar-refractivity contribution < 1.29 is 33.3 Å². The van der Waals surface area contributed by atoms with Gasteiger partial charge in [0, 0.05) is 12.1 Å². The minimum atomic E-state index is -4.44. The number of H-pyrrole nitrogens is 1. The Kier molecular flexibility index (Phi) is 7.09. The molecule has 0 bridgehead atoms. The molecule has 29 heavy (non-hydrogen) atoms. The van der Waals surface area contributed by atoms with Gasteiger partial charge in [0.1, 0.15) is 12.2 Å². The van der Waals surface area contributed by atoms with Crippen LogP contribution in [0.15, 0.2) is 11.0 Å². The molecule has 7 atom stereocenters. The molecule has 0 amide bonds. The van der Waals surface area contributed by atoms with Gasteiger partial charge in [-0.3, -0.25) is 14.3 Å². The Morgan fingerprint density at radius 2 is 2.00 bits per heavy atom. The molecule has 1 aliphatic heterocycles. The van der Waals surface area contributed by atoms with Crippen molar-refractivity contribution in [3.63, 3.8) is 0 Å². The average molecular weight is 436 g/mol. The Balaban J connectivity index is 2.23. The lowest BCUT2D eigenvalue weighted by atomic mass is 9.92. The predicted octanol–water partition coefficient (Wildman–Crippen LogP) is 2.10. The monoisotopic (exact) mass is 436 g/mol. The number of rotatable bonds is 8. The SMILES string of the molecule is CCC(C)(C[C@H]1O[C@@H](c2ncc(=O)[nH]c2C)[C@@H](F)C1O)OP(=O)(O)C(C)(O)CC. The maximum atomic E-state index is 14.8. The van der Waals surface area contributed by atoms with Crippen molar-refractivity contribution in [2.45, 2.75) is 89.3 Å². The molecule has 9 nitrogen and oxygen atoms in total. The van der Waals surface area contributed by atoms with E-state index in [2.05, 4.69) is 9.97 Å². The molecule has 4 unspecified atom stereocenters. The quantitative estimate of drug-likeness (QED) is 0.454. The molecule has 2 rings (SSSR count). The maximum absolute atomic E-state index is 14.8. The van der Waals surface area contributed by atoms with E-state index < -0.39 is 48.6 Å². The van der Waals surface area contributed by atoms with Crippen molar-refractivity contribution in [1.29, 1.82) is 0 Å².